The first-order valence-corrected chi connectivity index (χ1v) is 10.1. The van der Waals surface area contributed by atoms with Gasteiger partial charge < -0.3 is 30.5 Å². The van der Waals surface area contributed by atoms with Crippen molar-refractivity contribution in [3.8, 4) is 23.1 Å². The predicted molar refractivity (Wildman–Crippen MR) is 103 cm³/mol. The lowest BCUT2D eigenvalue weighted by molar-refractivity contribution is -0.139. The number of carboxylic acid groups (broad SMARTS) is 1. The molecule has 1 unspecified atom stereocenters. The minimum absolute atomic E-state index is 0.0436. The molecule has 0 spiro atoms. The SMILES string of the molecule is CC1=CC=C(S(=O)(=O)NC(CCc2c(O)[nH]c3c(O)c(O)c(O)cc23)C(=O)O)C1. The standard InChI is InChI=1S/C18H20N2O8S/c1-8-2-3-9(6-8)29(27,28)20-12(18(25)26)5-4-10-11-7-13(21)15(22)16(23)14(11)19-17(10)24/h2-3,7,12,19-24H,4-6H2,1H3,(H,25,26). The summed E-state index contributed by atoms with van der Waals surface area (Å²) in [6.07, 6.45) is 2.96. The van der Waals surface area contributed by atoms with E-state index in [4.69, 9.17) is 0 Å². The van der Waals surface area contributed by atoms with Crippen molar-refractivity contribution in [3.63, 3.8) is 0 Å². The third-order valence-electron chi connectivity index (χ3n) is 4.74. The predicted octanol–water partition coefficient (Wildman–Crippen LogP) is 1.53. The summed E-state index contributed by atoms with van der Waals surface area (Å²) < 4.78 is 27.0. The molecule has 1 aliphatic carbocycles. The van der Waals surface area contributed by atoms with Crippen LogP contribution in [0.2, 0.25) is 0 Å². The lowest BCUT2D eigenvalue weighted by Crippen LogP contribution is -2.41. The lowest BCUT2D eigenvalue weighted by atomic mass is 10.0. The number of aryl methyl sites for hydroxylation is 1. The topological polar surface area (TPSA) is 180 Å². The van der Waals surface area contributed by atoms with Crippen molar-refractivity contribution in [1.82, 2.24) is 9.71 Å². The highest BCUT2D eigenvalue weighted by Crippen LogP contribution is 2.44. The molecule has 0 amide bonds. The van der Waals surface area contributed by atoms with Crippen LogP contribution < -0.4 is 4.72 Å². The summed E-state index contributed by atoms with van der Waals surface area (Å²) in [5.41, 5.74) is 0.954. The maximum Gasteiger partial charge on any atom is 0.321 e. The van der Waals surface area contributed by atoms with E-state index in [2.05, 4.69) is 9.71 Å². The Labute approximate surface area is 165 Å². The van der Waals surface area contributed by atoms with E-state index in [0.717, 1.165) is 11.6 Å². The molecule has 11 heteroatoms. The Morgan fingerprint density at radius 1 is 1.21 bits per heavy atom. The number of phenols is 3. The molecule has 1 heterocycles. The van der Waals surface area contributed by atoms with E-state index >= 15 is 0 Å². The van der Waals surface area contributed by atoms with Crippen LogP contribution in [-0.2, 0) is 21.2 Å². The van der Waals surface area contributed by atoms with Crippen molar-refractivity contribution < 1.29 is 38.7 Å². The van der Waals surface area contributed by atoms with Crippen molar-refractivity contribution in [2.75, 3.05) is 0 Å². The van der Waals surface area contributed by atoms with Gasteiger partial charge in [-0.05, 0) is 31.9 Å². The van der Waals surface area contributed by atoms with Gasteiger partial charge in [-0.15, -0.1) is 0 Å². The first-order valence-electron chi connectivity index (χ1n) is 8.60. The second-order valence-electron chi connectivity index (χ2n) is 6.84. The van der Waals surface area contributed by atoms with E-state index in [1.54, 1.807) is 13.0 Å². The van der Waals surface area contributed by atoms with E-state index in [1.807, 2.05) is 0 Å². The molecule has 0 saturated heterocycles. The van der Waals surface area contributed by atoms with E-state index in [-0.39, 0.29) is 40.6 Å². The Kier molecular flexibility index (Phi) is 5.20. The maximum atomic E-state index is 12.4. The molecule has 0 radical (unpaired) electrons. The maximum absolute atomic E-state index is 12.4. The normalized spacial score (nSPS) is 15.3. The van der Waals surface area contributed by atoms with Crippen LogP contribution in [0.25, 0.3) is 10.9 Å². The molecule has 1 aliphatic rings. The molecule has 1 aromatic heterocycles. The number of aromatic hydroxyl groups is 4. The number of carbonyl (C=O) groups is 1. The van der Waals surface area contributed by atoms with Crippen LogP contribution in [-0.4, -0.2) is 50.9 Å². The Hall–Kier alpha value is -3.18. The zero-order chi connectivity index (χ0) is 21.5. The highest BCUT2D eigenvalue weighted by molar-refractivity contribution is 7.93. The summed E-state index contributed by atoms with van der Waals surface area (Å²) in [5, 5.41) is 48.8. The largest absolute Gasteiger partial charge is 0.504 e. The molecule has 29 heavy (non-hydrogen) atoms. The molecular formula is C18H20N2O8S. The zero-order valence-corrected chi connectivity index (χ0v) is 16.1. The average molecular weight is 424 g/mol. The second kappa shape index (κ2) is 7.33. The average Bonchev–Trinajstić information content (AvgIpc) is 3.21. The fourth-order valence-corrected chi connectivity index (χ4v) is 4.59. The van der Waals surface area contributed by atoms with Gasteiger partial charge in [-0.25, -0.2) is 8.42 Å². The zero-order valence-electron chi connectivity index (χ0n) is 15.3. The number of aromatic nitrogens is 1. The molecule has 7 N–H and O–H groups in total. The second-order valence-corrected chi connectivity index (χ2v) is 8.61. The van der Waals surface area contributed by atoms with Crippen molar-refractivity contribution in [2.45, 2.75) is 32.2 Å². The Morgan fingerprint density at radius 2 is 1.90 bits per heavy atom. The van der Waals surface area contributed by atoms with Crippen molar-refractivity contribution >= 4 is 26.9 Å². The van der Waals surface area contributed by atoms with Gasteiger partial charge in [-0.2, -0.15) is 4.72 Å². The number of H-pyrrole nitrogens is 1. The van der Waals surface area contributed by atoms with Gasteiger partial charge in [0, 0.05) is 17.4 Å². The van der Waals surface area contributed by atoms with E-state index in [1.165, 1.54) is 6.08 Å². The molecule has 0 aliphatic heterocycles. The quantitative estimate of drug-likeness (QED) is 0.327. The van der Waals surface area contributed by atoms with E-state index in [0.29, 0.717) is 0 Å². The number of hydrogen-bond donors (Lipinski definition) is 7. The van der Waals surface area contributed by atoms with Crippen LogP contribution in [0, 0.1) is 0 Å². The van der Waals surface area contributed by atoms with Crippen LogP contribution in [0.5, 0.6) is 23.1 Å². The van der Waals surface area contributed by atoms with Crippen molar-refractivity contribution in [3.05, 3.63) is 34.3 Å². The van der Waals surface area contributed by atoms with Gasteiger partial charge in [0.25, 0.3) is 0 Å². The first-order chi connectivity index (χ1) is 13.5. The fourth-order valence-electron chi connectivity index (χ4n) is 3.18. The number of phenolic OH excluding ortho intramolecular Hbond substituents is 3. The third-order valence-corrected chi connectivity index (χ3v) is 6.30. The van der Waals surface area contributed by atoms with Crippen LogP contribution in [0.15, 0.2) is 28.7 Å². The summed E-state index contributed by atoms with van der Waals surface area (Å²) in [7, 11) is -4.01. The van der Waals surface area contributed by atoms with E-state index in [9.17, 15) is 38.7 Å². The number of nitrogens with one attached hydrogen (secondary N) is 2. The van der Waals surface area contributed by atoms with Gasteiger partial charge in [-0.1, -0.05) is 11.6 Å². The number of fused-ring (bicyclic) bond motifs is 1. The van der Waals surface area contributed by atoms with Gasteiger partial charge in [0.15, 0.2) is 17.4 Å². The first kappa shape index (κ1) is 20.6. The van der Waals surface area contributed by atoms with Gasteiger partial charge in [0.05, 0.1) is 10.4 Å². The number of benzene rings is 1. The molecule has 0 fully saturated rings. The third kappa shape index (κ3) is 3.87. The monoisotopic (exact) mass is 424 g/mol. The number of hydrogen-bond acceptors (Lipinski definition) is 7. The minimum Gasteiger partial charge on any atom is -0.504 e. The summed E-state index contributed by atoms with van der Waals surface area (Å²) in [5.74, 6) is -3.85. The number of rotatable bonds is 7. The molecular weight excluding hydrogens is 404 g/mol. The van der Waals surface area contributed by atoms with Gasteiger partial charge in [-0.3, -0.25) is 4.79 Å². The molecule has 0 saturated carbocycles. The minimum atomic E-state index is -4.01. The smallest absolute Gasteiger partial charge is 0.321 e. The molecule has 2 aromatic rings. The Morgan fingerprint density at radius 3 is 2.48 bits per heavy atom. The number of allylic oxidation sites excluding steroid dienone is 4. The van der Waals surface area contributed by atoms with Gasteiger partial charge in [0.1, 0.15) is 6.04 Å². The summed E-state index contributed by atoms with van der Waals surface area (Å²) in [6, 6.07) is -0.362. The molecule has 156 valence electrons. The number of sulfonamides is 1. The highest BCUT2D eigenvalue weighted by Gasteiger charge is 2.29. The van der Waals surface area contributed by atoms with Crippen LogP contribution in [0.3, 0.4) is 0 Å². The van der Waals surface area contributed by atoms with Crippen LogP contribution in [0.1, 0.15) is 25.3 Å². The van der Waals surface area contributed by atoms with E-state index < -0.39 is 45.2 Å². The number of aromatic amines is 1. The molecule has 1 aromatic carbocycles. The summed E-state index contributed by atoms with van der Waals surface area (Å²) >= 11 is 0. The number of carboxylic acids is 1. The lowest BCUT2D eigenvalue weighted by Gasteiger charge is -2.15. The molecule has 3 rings (SSSR count). The Balaban J connectivity index is 1.83. The molecule has 1 atom stereocenters. The summed E-state index contributed by atoms with van der Waals surface area (Å²) in [4.78, 5) is 14.1. The van der Waals surface area contributed by atoms with Crippen molar-refractivity contribution in [1.29, 1.82) is 0 Å². The highest BCUT2D eigenvalue weighted by atomic mass is 32.2. The molecule has 0 bridgehead atoms. The van der Waals surface area contributed by atoms with Gasteiger partial charge in [0.2, 0.25) is 15.8 Å². The number of aliphatic carboxylic acids is 1. The molecule has 10 nitrogen and oxygen atoms in total. The van der Waals surface area contributed by atoms with Crippen LogP contribution in [0.4, 0.5) is 0 Å². The fraction of sp³-hybridized carbons (Fsp3) is 0.278. The summed E-state index contributed by atoms with van der Waals surface area (Å²) in [6.45, 7) is 1.76. The van der Waals surface area contributed by atoms with Gasteiger partial charge >= 0.3 is 5.97 Å². The Bertz CT molecular complexity index is 1160. The van der Waals surface area contributed by atoms with Crippen LogP contribution >= 0.6 is 0 Å². The van der Waals surface area contributed by atoms with Crippen molar-refractivity contribution in [2.24, 2.45) is 0 Å².